The third-order valence-corrected chi connectivity index (χ3v) is 3.79. The number of carbonyl (C=O) groups excluding carboxylic acids is 1. The first-order chi connectivity index (χ1) is 10.0. The molecule has 2 rings (SSSR count). The van der Waals surface area contributed by atoms with Crippen molar-refractivity contribution in [2.75, 3.05) is 20.2 Å². The number of hydrogen-bond acceptors (Lipinski definition) is 3. The molecule has 1 saturated heterocycles. The van der Waals surface area contributed by atoms with Gasteiger partial charge in [-0.15, -0.1) is 12.4 Å². The summed E-state index contributed by atoms with van der Waals surface area (Å²) in [5, 5.41) is 6.03. The maximum atomic E-state index is 13.7. The summed E-state index contributed by atoms with van der Waals surface area (Å²) in [5.74, 6) is -1.72. The van der Waals surface area contributed by atoms with Crippen molar-refractivity contribution in [3.63, 3.8) is 0 Å². The average molecular weight is 335 g/mol. The van der Waals surface area contributed by atoms with E-state index in [0.29, 0.717) is 18.7 Å². The number of carbonyl (C=O) groups is 1. The Morgan fingerprint density at radius 3 is 2.82 bits per heavy atom. The van der Waals surface area contributed by atoms with Crippen LogP contribution in [-0.2, 0) is 9.53 Å². The van der Waals surface area contributed by atoms with Crippen LogP contribution in [0.3, 0.4) is 0 Å². The Balaban J connectivity index is 0.00000242. The predicted molar refractivity (Wildman–Crippen MR) is 82.2 cm³/mol. The number of amides is 1. The Bertz CT molecular complexity index is 516. The molecule has 1 fully saturated rings. The average Bonchev–Trinajstić information content (AvgIpc) is 2.85. The first-order valence-electron chi connectivity index (χ1n) is 6.99. The lowest BCUT2D eigenvalue weighted by Gasteiger charge is -2.20. The Kier molecular flexibility index (Phi) is 7.19. The Morgan fingerprint density at radius 1 is 1.45 bits per heavy atom. The van der Waals surface area contributed by atoms with Crippen molar-refractivity contribution in [1.82, 2.24) is 10.6 Å². The van der Waals surface area contributed by atoms with Crippen LogP contribution >= 0.6 is 12.4 Å². The van der Waals surface area contributed by atoms with Gasteiger partial charge in [0.2, 0.25) is 5.91 Å². The molecule has 1 aliphatic rings. The van der Waals surface area contributed by atoms with Crippen LogP contribution in [0.2, 0.25) is 0 Å². The second-order valence-electron chi connectivity index (χ2n) is 5.38. The van der Waals surface area contributed by atoms with Gasteiger partial charge in [-0.25, -0.2) is 8.78 Å². The summed E-state index contributed by atoms with van der Waals surface area (Å²) >= 11 is 0. The molecular formula is C15H21ClF2N2O2. The molecule has 1 heterocycles. The molecule has 1 aromatic carbocycles. The maximum absolute atomic E-state index is 13.7. The van der Waals surface area contributed by atoms with Crippen LogP contribution in [0.4, 0.5) is 8.78 Å². The fourth-order valence-corrected chi connectivity index (χ4v) is 2.60. The zero-order chi connectivity index (χ0) is 15.4. The van der Waals surface area contributed by atoms with E-state index in [2.05, 4.69) is 10.6 Å². The zero-order valence-electron chi connectivity index (χ0n) is 12.6. The van der Waals surface area contributed by atoms with Gasteiger partial charge in [-0.2, -0.15) is 0 Å². The van der Waals surface area contributed by atoms with E-state index in [1.807, 2.05) is 0 Å². The molecule has 7 heteroatoms. The van der Waals surface area contributed by atoms with Gasteiger partial charge in [-0.05, 0) is 17.5 Å². The standard InChI is InChI=1S/C15H20F2N2O2.ClH/c1-9(11-4-3-10(16)6-12(11)17)5-15(20)19-13-7-18-8-14(13)21-2;/h3-4,6,9,13-14,18H,5,7-8H2,1-2H3,(H,19,20);1H/t9?,13?,14-;/m0./s1. The summed E-state index contributed by atoms with van der Waals surface area (Å²) in [4.78, 5) is 12.0. The molecule has 3 atom stereocenters. The van der Waals surface area contributed by atoms with Crippen molar-refractivity contribution >= 4 is 18.3 Å². The molecule has 0 aromatic heterocycles. The van der Waals surface area contributed by atoms with Crippen LogP contribution in [0.15, 0.2) is 18.2 Å². The van der Waals surface area contributed by atoms with Crippen molar-refractivity contribution in [2.24, 2.45) is 0 Å². The van der Waals surface area contributed by atoms with E-state index in [1.54, 1.807) is 14.0 Å². The molecule has 0 spiro atoms. The van der Waals surface area contributed by atoms with Crippen LogP contribution in [0.25, 0.3) is 0 Å². The minimum absolute atomic E-state index is 0. The van der Waals surface area contributed by atoms with E-state index in [4.69, 9.17) is 4.74 Å². The Morgan fingerprint density at radius 2 is 2.18 bits per heavy atom. The van der Waals surface area contributed by atoms with E-state index in [9.17, 15) is 13.6 Å². The highest BCUT2D eigenvalue weighted by molar-refractivity contribution is 5.85. The van der Waals surface area contributed by atoms with Crippen molar-refractivity contribution < 1.29 is 18.3 Å². The molecule has 0 bridgehead atoms. The number of halogens is 3. The molecule has 0 aliphatic carbocycles. The quantitative estimate of drug-likeness (QED) is 0.865. The van der Waals surface area contributed by atoms with Crippen molar-refractivity contribution in [1.29, 1.82) is 0 Å². The predicted octanol–water partition coefficient (Wildman–Crippen LogP) is 1.98. The topological polar surface area (TPSA) is 50.4 Å². The number of ether oxygens (including phenoxy) is 1. The number of methoxy groups -OCH3 is 1. The van der Waals surface area contributed by atoms with E-state index < -0.39 is 11.6 Å². The molecule has 124 valence electrons. The smallest absolute Gasteiger partial charge is 0.220 e. The van der Waals surface area contributed by atoms with Crippen molar-refractivity contribution in [3.8, 4) is 0 Å². The van der Waals surface area contributed by atoms with E-state index >= 15 is 0 Å². The molecule has 1 amide bonds. The van der Waals surface area contributed by atoms with Crippen LogP contribution < -0.4 is 10.6 Å². The van der Waals surface area contributed by atoms with Crippen LogP contribution in [0, 0.1) is 11.6 Å². The molecule has 22 heavy (non-hydrogen) atoms. The molecule has 2 N–H and O–H groups in total. The van der Waals surface area contributed by atoms with Gasteiger partial charge < -0.3 is 15.4 Å². The highest BCUT2D eigenvalue weighted by Gasteiger charge is 2.28. The number of hydrogen-bond donors (Lipinski definition) is 2. The van der Waals surface area contributed by atoms with Gasteiger partial charge in [0.05, 0.1) is 12.1 Å². The minimum Gasteiger partial charge on any atom is -0.378 e. The summed E-state index contributed by atoms with van der Waals surface area (Å²) in [6, 6.07) is 3.35. The van der Waals surface area contributed by atoms with Crippen LogP contribution in [0.5, 0.6) is 0 Å². The third kappa shape index (κ3) is 4.63. The van der Waals surface area contributed by atoms with Gasteiger partial charge in [0.15, 0.2) is 0 Å². The fourth-order valence-electron chi connectivity index (χ4n) is 2.60. The minimum atomic E-state index is -0.618. The zero-order valence-corrected chi connectivity index (χ0v) is 13.4. The van der Waals surface area contributed by atoms with Gasteiger partial charge >= 0.3 is 0 Å². The Labute approximate surface area is 135 Å². The summed E-state index contributed by atoms with van der Waals surface area (Å²) < 4.78 is 31.8. The fraction of sp³-hybridized carbons (Fsp3) is 0.533. The summed E-state index contributed by atoms with van der Waals surface area (Å²) in [7, 11) is 1.60. The molecule has 0 saturated carbocycles. The summed E-state index contributed by atoms with van der Waals surface area (Å²) in [5.41, 5.74) is 0.347. The maximum Gasteiger partial charge on any atom is 0.220 e. The number of nitrogens with one attached hydrogen (secondary N) is 2. The summed E-state index contributed by atoms with van der Waals surface area (Å²) in [6.07, 6.45) is 0.0991. The highest BCUT2D eigenvalue weighted by Crippen LogP contribution is 2.22. The van der Waals surface area contributed by atoms with Crippen molar-refractivity contribution in [3.05, 3.63) is 35.4 Å². The first-order valence-corrected chi connectivity index (χ1v) is 6.99. The summed E-state index contributed by atoms with van der Waals surface area (Å²) in [6.45, 7) is 3.10. The van der Waals surface area contributed by atoms with Gasteiger partial charge in [-0.3, -0.25) is 4.79 Å². The second kappa shape index (κ2) is 8.41. The highest BCUT2D eigenvalue weighted by atomic mass is 35.5. The van der Waals surface area contributed by atoms with Crippen LogP contribution in [0.1, 0.15) is 24.8 Å². The monoisotopic (exact) mass is 334 g/mol. The van der Waals surface area contributed by atoms with Gasteiger partial charge in [-0.1, -0.05) is 13.0 Å². The number of benzene rings is 1. The molecular weight excluding hydrogens is 314 g/mol. The molecule has 0 radical (unpaired) electrons. The third-order valence-electron chi connectivity index (χ3n) is 3.79. The van der Waals surface area contributed by atoms with Crippen molar-refractivity contribution in [2.45, 2.75) is 31.4 Å². The molecule has 1 aliphatic heterocycles. The Hall–Kier alpha value is -1.24. The van der Waals surface area contributed by atoms with Gasteiger partial charge in [0, 0.05) is 32.7 Å². The lowest BCUT2D eigenvalue weighted by Crippen LogP contribution is -2.43. The SMILES string of the molecule is CO[C@H]1CNCC1NC(=O)CC(C)c1ccc(F)cc1F.Cl. The lowest BCUT2D eigenvalue weighted by molar-refractivity contribution is -0.122. The van der Waals surface area contributed by atoms with E-state index in [1.165, 1.54) is 12.1 Å². The van der Waals surface area contributed by atoms with E-state index in [0.717, 1.165) is 6.07 Å². The molecule has 4 nitrogen and oxygen atoms in total. The van der Waals surface area contributed by atoms with E-state index in [-0.39, 0.29) is 42.8 Å². The lowest BCUT2D eigenvalue weighted by atomic mass is 9.96. The second-order valence-corrected chi connectivity index (χ2v) is 5.38. The number of rotatable bonds is 5. The van der Waals surface area contributed by atoms with Gasteiger partial charge in [0.1, 0.15) is 11.6 Å². The normalized spacial score (nSPS) is 22.0. The molecule has 1 aromatic rings. The van der Waals surface area contributed by atoms with Gasteiger partial charge in [0.25, 0.3) is 0 Å². The van der Waals surface area contributed by atoms with Crippen LogP contribution in [-0.4, -0.2) is 38.3 Å². The largest absolute Gasteiger partial charge is 0.378 e. The molecule has 2 unspecified atom stereocenters. The first kappa shape index (κ1) is 18.8.